The molecule has 0 spiro atoms. The zero-order valence-corrected chi connectivity index (χ0v) is 15.2. The molecule has 1 N–H and O–H groups in total. The van der Waals surface area contributed by atoms with Gasteiger partial charge in [-0.15, -0.1) is 0 Å². The molecule has 26 heavy (non-hydrogen) atoms. The number of anilines is 1. The van der Waals surface area contributed by atoms with Crippen LogP contribution in [0, 0.1) is 12.8 Å². The van der Waals surface area contributed by atoms with E-state index in [4.69, 9.17) is 4.74 Å². The normalized spacial score (nSPS) is 16.6. The van der Waals surface area contributed by atoms with Gasteiger partial charge in [0.25, 0.3) is 0 Å². The summed E-state index contributed by atoms with van der Waals surface area (Å²) in [6.07, 6.45) is 1.04. The molecule has 0 bridgehead atoms. The second-order valence-corrected chi connectivity index (χ2v) is 6.70. The van der Waals surface area contributed by atoms with Crippen LogP contribution in [0.2, 0.25) is 0 Å². The highest BCUT2D eigenvalue weighted by molar-refractivity contribution is 5.97. The zero-order chi connectivity index (χ0) is 18.5. The van der Waals surface area contributed by atoms with Gasteiger partial charge in [-0.1, -0.05) is 24.3 Å². The fourth-order valence-corrected chi connectivity index (χ4v) is 3.19. The molecule has 2 amide bonds. The summed E-state index contributed by atoms with van der Waals surface area (Å²) in [5, 5.41) is 2.92. The number of nitrogens with zero attached hydrogens (tertiary/aromatic N) is 1. The molecule has 1 fully saturated rings. The van der Waals surface area contributed by atoms with Gasteiger partial charge in [-0.25, -0.2) is 0 Å². The smallest absolute Gasteiger partial charge is 0.229 e. The van der Waals surface area contributed by atoms with Gasteiger partial charge in [-0.2, -0.15) is 0 Å². The van der Waals surface area contributed by atoms with Gasteiger partial charge in [-0.3, -0.25) is 9.59 Å². The lowest BCUT2D eigenvalue weighted by Crippen LogP contribution is -2.30. The van der Waals surface area contributed by atoms with Gasteiger partial charge < -0.3 is 15.0 Å². The molecule has 5 nitrogen and oxygen atoms in total. The van der Waals surface area contributed by atoms with E-state index in [1.165, 1.54) is 0 Å². The average molecular weight is 352 g/mol. The highest BCUT2D eigenvalue weighted by Crippen LogP contribution is 2.21. The highest BCUT2D eigenvalue weighted by atomic mass is 16.5. The molecular weight excluding hydrogens is 328 g/mol. The Morgan fingerprint density at radius 1 is 1.23 bits per heavy atom. The summed E-state index contributed by atoms with van der Waals surface area (Å²) in [4.78, 5) is 26.5. The van der Waals surface area contributed by atoms with Crippen molar-refractivity contribution in [1.29, 1.82) is 0 Å². The van der Waals surface area contributed by atoms with Crippen LogP contribution in [0.5, 0.6) is 5.75 Å². The number of aryl methyl sites for hydroxylation is 1. The number of likely N-dealkylation sites (tertiary alicyclic amines) is 1. The van der Waals surface area contributed by atoms with Gasteiger partial charge in [0.2, 0.25) is 11.8 Å². The molecule has 1 heterocycles. The van der Waals surface area contributed by atoms with Crippen LogP contribution in [0.3, 0.4) is 0 Å². The van der Waals surface area contributed by atoms with Gasteiger partial charge >= 0.3 is 0 Å². The number of amides is 2. The number of carbonyl (C=O) groups is 2. The van der Waals surface area contributed by atoms with Gasteiger partial charge in [0.05, 0.1) is 13.0 Å². The van der Waals surface area contributed by atoms with Crippen LogP contribution in [0.1, 0.15) is 17.5 Å². The SMILES string of the molecule is COc1ccc(CCN2CC(C(=O)Nc3cccc(C)c3)CC2=O)cc1. The van der Waals surface area contributed by atoms with Crippen molar-refractivity contribution in [2.45, 2.75) is 19.8 Å². The Morgan fingerprint density at radius 3 is 2.69 bits per heavy atom. The van der Waals surface area contributed by atoms with Crippen LogP contribution in [0.15, 0.2) is 48.5 Å². The van der Waals surface area contributed by atoms with Gasteiger partial charge in [0.15, 0.2) is 0 Å². The minimum Gasteiger partial charge on any atom is -0.497 e. The maximum absolute atomic E-state index is 12.5. The molecule has 1 unspecified atom stereocenters. The first-order valence-corrected chi connectivity index (χ1v) is 8.83. The molecule has 136 valence electrons. The molecule has 1 aliphatic heterocycles. The number of hydrogen-bond donors (Lipinski definition) is 1. The van der Waals surface area contributed by atoms with Crippen LogP contribution in [0.25, 0.3) is 0 Å². The van der Waals surface area contributed by atoms with E-state index < -0.39 is 0 Å². The Kier molecular flexibility index (Phi) is 5.56. The maximum atomic E-state index is 12.5. The van der Waals surface area contributed by atoms with E-state index in [1.807, 2.05) is 55.5 Å². The van der Waals surface area contributed by atoms with Gasteiger partial charge in [-0.05, 0) is 48.7 Å². The molecular formula is C21H24N2O3. The van der Waals surface area contributed by atoms with E-state index in [0.717, 1.165) is 29.0 Å². The summed E-state index contributed by atoms with van der Waals surface area (Å²) in [6.45, 7) is 3.08. The number of hydrogen-bond acceptors (Lipinski definition) is 3. The van der Waals surface area contributed by atoms with E-state index in [2.05, 4.69) is 5.32 Å². The fraction of sp³-hybridized carbons (Fsp3) is 0.333. The minimum absolute atomic E-state index is 0.0444. The molecule has 0 radical (unpaired) electrons. The average Bonchev–Trinajstić information content (AvgIpc) is 3.01. The molecule has 2 aromatic carbocycles. The molecule has 0 aliphatic carbocycles. The lowest BCUT2D eigenvalue weighted by molar-refractivity contribution is -0.128. The molecule has 3 rings (SSSR count). The van der Waals surface area contributed by atoms with E-state index >= 15 is 0 Å². The second-order valence-electron chi connectivity index (χ2n) is 6.70. The van der Waals surface area contributed by atoms with Crippen LogP contribution in [0.4, 0.5) is 5.69 Å². The van der Waals surface area contributed by atoms with E-state index in [1.54, 1.807) is 12.0 Å². The first kappa shape index (κ1) is 18.0. The summed E-state index contributed by atoms with van der Waals surface area (Å²) < 4.78 is 5.15. The van der Waals surface area contributed by atoms with E-state index in [0.29, 0.717) is 13.1 Å². The molecule has 0 aromatic heterocycles. The lowest BCUT2D eigenvalue weighted by Gasteiger charge is -2.17. The highest BCUT2D eigenvalue weighted by Gasteiger charge is 2.33. The van der Waals surface area contributed by atoms with Crippen molar-refractivity contribution in [3.8, 4) is 5.75 Å². The molecule has 5 heteroatoms. The lowest BCUT2D eigenvalue weighted by atomic mass is 10.1. The number of carbonyl (C=O) groups excluding carboxylic acids is 2. The fourth-order valence-electron chi connectivity index (χ4n) is 3.19. The third kappa shape index (κ3) is 4.42. The van der Waals surface area contributed by atoms with Crippen LogP contribution in [-0.2, 0) is 16.0 Å². The minimum atomic E-state index is -0.293. The number of benzene rings is 2. The first-order chi connectivity index (χ1) is 12.5. The predicted octanol–water partition coefficient (Wildman–Crippen LogP) is 3.03. The number of rotatable bonds is 6. The van der Waals surface area contributed by atoms with Crippen molar-refractivity contribution < 1.29 is 14.3 Å². The molecule has 0 saturated carbocycles. The largest absolute Gasteiger partial charge is 0.497 e. The quantitative estimate of drug-likeness (QED) is 0.869. The van der Waals surface area contributed by atoms with Gasteiger partial charge in [0, 0.05) is 25.2 Å². The van der Waals surface area contributed by atoms with Crippen molar-refractivity contribution in [3.63, 3.8) is 0 Å². The second kappa shape index (κ2) is 8.04. The Balaban J connectivity index is 1.53. The van der Waals surface area contributed by atoms with Crippen molar-refractivity contribution in [3.05, 3.63) is 59.7 Å². The Hall–Kier alpha value is -2.82. The van der Waals surface area contributed by atoms with Crippen LogP contribution >= 0.6 is 0 Å². The third-order valence-electron chi connectivity index (χ3n) is 4.70. The van der Waals surface area contributed by atoms with E-state index in [-0.39, 0.29) is 24.2 Å². The summed E-state index contributed by atoms with van der Waals surface area (Å²) in [5.41, 5.74) is 3.01. The molecule has 1 saturated heterocycles. The zero-order valence-electron chi connectivity index (χ0n) is 15.2. The summed E-state index contributed by atoms with van der Waals surface area (Å²) in [5.74, 6) is 0.483. The topological polar surface area (TPSA) is 58.6 Å². The summed E-state index contributed by atoms with van der Waals surface area (Å²) in [6, 6.07) is 15.5. The first-order valence-electron chi connectivity index (χ1n) is 8.83. The summed E-state index contributed by atoms with van der Waals surface area (Å²) >= 11 is 0. The van der Waals surface area contributed by atoms with E-state index in [9.17, 15) is 9.59 Å². The Bertz CT molecular complexity index is 786. The third-order valence-corrected chi connectivity index (χ3v) is 4.70. The van der Waals surface area contributed by atoms with Crippen LogP contribution < -0.4 is 10.1 Å². The van der Waals surface area contributed by atoms with Crippen molar-refractivity contribution in [1.82, 2.24) is 4.90 Å². The number of nitrogens with one attached hydrogen (secondary N) is 1. The number of methoxy groups -OCH3 is 1. The molecule has 1 aliphatic rings. The summed E-state index contributed by atoms with van der Waals surface area (Å²) in [7, 11) is 1.64. The van der Waals surface area contributed by atoms with Crippen molar-refractivity contribution in [2.75, 3.05) is 25.5 Å². The van der Waals surface area contributed by atoms with Gasteiger partial charge in [0.1, 0.15) is 5.75 Å². The van der Waals surface area contributed by atoms with Crippen LogP contribution in [-0.4, -0.2) is 36.9 Å². The standard InChI is InChI=1S/C21H24N2O3/c1-15-4-3-5-18(12-15)22-21(25)17-13-20(24)23(14-17)11-10-16-6-8-19(26-2)9-7-16/h3-9,12,17H,10-11,13-14H2,1-2H3,(H,22,25). The predicted molar refractivity (Wildman–Crippen MR) is 101 cm³/mol. The molecule has 2 aromatic rings. The Morgan fingerprint density at radius 2 is 2.00 bits per heavy atom. The Labute approximate surface area is 154 Å². The maximum Gasteiger partial charge on any atom is 0.229 e. The monoisotopic (exact) mass is 352 g/mol. The van der Waals surface area contributed by atoms with Crippen molar-refractivity contribution >= 4 is 17.5 Å². The number of ether oxygens (including phenoxy) is 1. The molecule has 1 atom stereocenters. The van der Waals surface area contributed by atoms with Crippen molar-refractivity contribution in [2.24, 2.45) is 5.92 Å².